The van der Waals surface area contributed by atoms with Crippen LogP contribution in [0.4, 0.5) is 0 Å². The molecule has 1 aromatic heterocycles. The van der Waals surface area contributed by atoms with E-state index in [1.807, 2.05) is 26.0 Å². The lowest BCUT2D eigenvalue weighted by atomic mass is 10.2. The number of aromatic nitrogens is 2. The van der Waals surface area contributed by atoms with Crippen molar-refractivity contribution in [2.45, 2.75) is 20.4 Å². The van der Waals surface area contributed by atoms with Gasteiger partial charge in [0.2, 0.25) is 0 Å². The van der Waals surface area contributed by atoms with Crippen LogP contribution in [-0.4, -0.2) is 21.6 Å². The predicted molar refractivity (Wildman–Crippen MR) is 73.8 cm³/mol. The van der Waals surface area contributed by atoms with E-state index in [0.29, 0.717) is 5.56 Å². The summed E-state index contributed by atoms with van der Waals surface area (Å²) >= 11 is 0. The van der Waals surface area contributed by atoms with Gasteiger partial charge in [0.05, 0.1) is 5.69 Å². The highest BCUT2D eigenvalue weighted by atomic mass is 16.2. The SMILES string of the molecule is Cc1cc(C)n(CC(=O)NNC(=O)c2ccccc2)n1. The summed E-state index contributed by atoms with van der Waals surface area (Å²) < 4.78 is 1.58. The molecular weight excluding hydrogens is 256 g/mol. The van der Waals surface area contributed by atoms with E-state index in [4.69, 9.17) is 0 Å². The summed E-state index contributed by atoms with van der Waals surface area (Å²) in [5.74, 6) is -0.687. The molecule has 6 heteroatoms. The third kappa shape index (κ3) is 3.44. The average Bonchev–Trinajstić information content (AvgIpc) is 2.75. The molecule has 20 heavy (non-hydrogen) atoms. The van der Waals surface area contributed by atoms with E-state index in [1.54, 1.807) is 28.9 Å². The molecule has 0 radical (unpaired) electrons. The first-order valence-corrected chi connectivity index (χ1v) is 6.21. The van der Waals surface area contributed by atoms with Crippen molar-refractivity contribution in [2.75, 3.05) is 0 Å². The molecule has 0 aliphatic carbocycles. The molecule has 0 saturated carbocycles. The number of carbonyl (C=O) groups excluding carboxylic acids is 2. The van der Waals surface area contributed by atoms with E-state index >= 15 is 0 Å². The van der Waals surface area contributed by atoms with Gasteiger partial charge in [-0.1, -0.05) is 18.2 Å². The normalized spacial score (nSPS) is 10.1. The summed E-state index contributed by atoms with van der Waals surface area (Å²) in [6, 6.07) is 10.6. The Morgan fingerprint density at radius 1 is 1.15 bits per heavy atom. The molecule has 0 saturated heterocycles. The lowest BCUT2D eigenvalue weighted by molar-refractivity contribution is -0.122. The van der Waals surface area contributed by atoms with Crippen molar-refractivity contribution >= 4 is 11.8 Å². The smallest absolute Gasteiger partial charge is 0.269 e. The molecule has 0 fully saturated rings. The monoisotopic (exact) mass is 272 g/mol. The molecule has 0 aliphatic heterocycles. The molecule has 1 aromatic carbocycles. The van der Waals surface area contributed by atoms with Crippen molar-refractivity contribution in [2.24, 2.45) is 0 Å². The van der Waals surface area contributed by atoms with Crippen molar-refractivity contribution in [1.29, 1.82) is 0 Å². The molecule has 2 amide bonds. The largest absolute Gasteiger partial charge is 0.271 e. The highest BCUT2D eigenvalue weighted by molar-refractivity contribution is 5.95. The maximum absolute atomic E-state index is 11.7. The van der Waals surface area contributed by atoms with E-state index in [-0.39, 0.29) is 18.4 Å². The number of rotatable bonds is 3. The van der Waals surface area contributed by atoms with Gasteiger partial charge in [-0.2, -0.15) is 5.10 Å². The molecule has 0 aliphatic rings. The number of benzene rings is 1. The highest BCUT2D eigenvalue weighted by Crippen LogP contribution is 2.01. The van der Waals surface area contributed by atoms with Crippen molar-refractivity contribution < 1.29 is 9.59 Å². The number of aryl methyl sites for hydroxylation is 2. The molecule has 1 heterocycles. The first-order chi connectivity index (χ1) is 9.56. The highest BCUT2D eigenvalue weighted by Gasteiger charge is 2.09. The van der Waals surface area contributed by atoms with Gasteiger partial charge in [0.15, 0.2) is 0 Å². The predicted octanol–water partition coefficient (Wildman–Crippen LogP) is 0.961. The third-order valence-corrected chi connectivity index (χ3v) is 2.75. The number of hydrogen-bond acceptors (Lipinski definition) is 3. The maximum atomic E-state index is 11.7. The second-order valence-electron chi connectivity index (χ2n) is 4.45. The number of carbonyl (C=O) groups is 2. The van der Waals surface area contributed by atoms with E-state index in [0.717, 1.165) is 11.4 Å². The molecule has 6 nitrogen and oxygen atoms in total. The van der Waals surface area contributed by atoms with Crippen LogP contribution in [0.15, 0.2) is 36.4 Å². The van der Waals surface area contributed by atoms with Crippen LogP contribution in [0.2, 0.25) is 0 Å². The zero-order chi connectivity index (χ0) is 14.5. The van der Waals surface area contributed by atoms with Gasteiger partial charge in [0.25, 0.3) is 11.8 Å². The Bertz CT molecular complexity index is 619. The fourth-order valence-electron chi connectivity index (χ4n) is 1.80. The second-order valence-corrected chi connectivity index (χ2v) is 4.45. The van der Waals surface area contributed by atoms with Crippen LogP contribution in [-0.2, 0) is 11.3 Å². The van der Waals surface area contributed by atoms with Gasteiger partial charge < -0.3 is 0 Å². The fraction of sp³-hybridized carbons (Fsp3) is 0.214. The number of nitrogens with zero attached hydrogens (tertiary/aromatic N) is 2. The van der Waals surface area contributed by atoms with Crippen LogP contribution in [0.3, 0.4) is 0 Å². The van der Waals surface area contributed by atoms with Gasteiger partial charge in [-0.3, -0.25) is 25.1 Å². The fourth-order valence-corrected chi connectivity index (χ4v) is 1.80. The van der Waals surface area contributed by atoms with Crippen LogP contribution in [0.1, 0.15) is 21.7 Å². The van der Waals surface area contributed by atoms with Gasteiger partial charge in [0, 0.05) is 11.3 Å². The zero-order valence-corrected chi connectivity index (χ0v) is 11.4. The minimum absolute atomic E-state index is 0.0642. The van der Waals surface area contributed by atoms with Crippen molar-refractivity contribution in [3.8, 4) is 0 Å². The maximum Gasteiger partial charge on any atom is 0.269 e. The lowest BCUT2D eigenvalue weighted by Gasteiger charge is -2.08. The first kappa shape index (κ1) is 13.8. The summed E-state index contributed by atoms with van der Waals surface area (Å²) in [5.41, 5.74) is 6.96. The molecule has 104 valence electrons. The number of nitrogens with one attached hydrogen (secondary N) is 2. The Kier molecular flexibility index (Phi) is 4.14. The van der Waals surface area contributed by atoms with E-state index in [9.17, 15) is 9.59 Å². The molecule has 0 atom stereocenters. The number of hydrazine groups is 1. The zero-order valence-electron chi connectivity index (χ0n) is 11.4. The van der Waals surface area contributed by atoms with Crippen LogP contribution in [0, 0.1) is 13.8 Å². The molecular formula is C14H16N4O2. The van der Waals surface area contributed by atoms with Crippen molar-refractivity contribution in [3.05, 3.63) is 53.3 Å². The van der Waals surface area contributed by atoms with Gasteiger partial charge in [-0.25, -0.2) is 0 Å². The molecule has 0 bridgehead atoms. The molecule has 0 unspecified atom stereocenters. The van der Waals surface area contributed by atoms with Crippen LogP contribution >= 0.6 is 0 Å². The van der Waals surface area contributed by atoms with Crippen molar-refractivity contribution in [1.82, 2.24) is 20.6 Å². The average molecular weight is 272 g/mol. The van der Waals surface area contributed by atoms with Gasteiger partial charge in [-0.15, -0.1) is 0 Å². The van der Waals surface area contributed by atoms with E-state index in [1.165, 1.54) is 0 Å². The quantitative estimate of drug-likeness (QED) is 0.817. The summed E-state index contributed by atoms with van der Waals surface area (Å²) in [6.07, 6.45) is 0. The van der Waals surface area contributed by atoms with Gasteiger partial charge in [-0.05, 0) is 32.0 Å². The minimum Gasteiger partial charge on any atom is -0.271 e. The van der Waals surface area contributed by atoms with E-state index in [2.05, 4.69) is 16.0 Å². The van der Waals surface area contributed by atoms with Gasteiger partial charge in [0.1, 0.15) is 6.54 Å². The van der Waals surface area contributed by atoms with Crippen LogP contribution in [0.25, 0.3) is 0 Å². The standard InChI is InChI=1S/C14H16N4O2/c1-10-8-11(2)18(17-10)9-13(19)15-16-14(20)12-6-4-3-5-7-12/h3-8H,9H2,1-2H3,(H,15,19)(H,16,20). The molecule has 2 N–H and O–H groups in total. The Hall–Kier alpha value is -2.63. The number of hydrogen-bond donors (Lipinski definition) is 2. The van der Waals surface area contributed by atoms with Gasteiger partial charge >= 0.3 is 0 Å². The van der Waals surface area contributed by atoms with E-state index < -0.39 is 0 Å². The Morgan fingerprint density at radius 3 is 2.45 bits per heavy atom. The van der Waals surface area contributed by atoms with Crippen LogP contribution < -0.4 is 10.9 Å². The first-order valence-electron chi connectivity index (χ1n) is 6.21. The van der Waals surface area contributed by atoms with Crippen molar-refractivity contribution in [3.63, 3.8) is 0 Å². The molecule has 0 spiro atoms. The lowest BCUT2D eigenvalue weighted by Crippen LogP contribution is -2.43. The Labute approximate surface area is 116 Å². The molecule has 2 rings (SSSR count). The second kappa shape index (κ2) is 6.01. The molecule has 2 aromatic rings. The summed E-state index contributed by atoms with van der Waals surface area (Å²) in [4.78, 5) is 23.4. The minimum atomic E-state index is -0.354. The Balaban J connectivity index is 1.87. The summed E-state index contributed by atoms with van der Waals surface area (Å²) in [5, 5.41) is 4.18. The number of amides is 2. The summed E-state index contributed by atoms with van der Waals surface area (Å²) in [6.45, 7) is 3.79. The van der Waals surface area contributed by atoms with Crippen LogP contribution in [0.5, 0.6) is 0 Å². The topological polar surface area (TPSA) is 76.0 Å². The Morgan fingerprint density at radius 2 is 1.85 bits per heavy atom. The third-order valence-electron chi connectivity index (χ3n) is 2.75. The summed E-state index contributed by atoms with van der Waals surface area (Å²) in [7, 11) is 0.